The molecular formula is C20H31N5O2. The minimum Gasteiger partial charge on any atom is -0.357 e. The normalized spacial score (nSPS) is 19.0. The van der Waals surface area contributed by atoms with Crippen molar-refractivity contribution in [3.05, 3.63) is 29.4 Å². The molecule has 0 radical (unpaired) electrons. The van der Waals surface area contributed by atoms with Gasteiger partial charge in [0.25, 0.3) is 5.91 Å². The second-order valence-electron chi connectivity index (χ2n) is 8.68. The largest absolute Gasteiger partial charge is 0.357 e. The Kier molecular flexibility index (Phi) is 5.42. The van der Waals surface area contributed by atoms with Crippen molar-refractivity contribution < 1.29 is 9.59 Å². The number of hydrogen-bond acceptors (Lipinski definition) is 4. The van der Waals surface area contributed by atoms with E-state index in [0.29, 0.717) is 18.2 Å². The molecule has 148 valence electrons. The lowest BCUT2D eigenvalue weighted by molar-refractivity contribution is -0.124. The van der Waals surface area contributed by atoms with Crippen LogP contribution >= 0.6 is 0 Å². The van der Waals surface area contributed by atoms with E-state index >= 15 is 0 Å². The molecule has 0 aromatic carbocycles. The molecule has 3 rings (SSSR count). The predicted octanol–water partition coefficient (Wildman–Crippen LogP) is 1.65. The molecule has 0 spiro atoms. The van der Waals surface area contributed by atoms with Crippen LogP contribution in [0.4, 0.5) is 0 Å². The first kappa shape index (κ1) is 19.6. The van der Waals surface area contributed by atoms with Crippen molar-refractivity contribution in [2.75, 3.05) is 20.6 Å². The Labute approximate surface area is 161 Å². The quantitative estimate of drug-likeness (QED) is 0.787. The van der Waals surface area contributed by atoms with Gasteiger partial charge in [-0.1, -0.05) is 32.9 Å². The summed E-state index contributed by atoms with van der Waals surface area (Å²) in [7, 11) is 3.64. The van der Waals surface area contributed by atoms with Crippen LogP contribution in [0, 0.1) is 5.41 Å². The molecule has 2 N–H and O–H groups in total. The zero-order chi connectivity index (χ0) is 19.8. The lowest BCUT2D eigenvalue weighted by Gasteiger charge is -2.30. The van der Waals surface area contributed by atoms with E-state index in [9.17, 15) is 9.59 Å². The predicted molar refractivity (Wildman–Crippen MR) is 104 cm³/mol. The van der Waals surface area contributed by atoms with Crippen LogP contribution in [0.2, 0.25) is 0 Å². The van der Waals surface area contributed by atoms with E-state index in [2.05, 4.69) is 39.3 Å². The highest BCUT2D eigenvalue weighted by Gasteiger charge is 2.35. The third-order valence-electron chi connectivity index (χ3n) is 5.47. The Morgan fingerprint density at radius 1 is 1.22 bits per heavy atom. The smallest absolute Gasteiger partial charge is 0.272 e. The number of amides is 2. The molecular weight excluding hydrogens is 342 g/mol. The highest BCUT2D eigenvalue weighted by atomic mass is 16.2. The zero-order valence-electron chi connectivity index (χ0n) is 17.0. The Bertz CT molecular complexity index is 751. The van der Waals surface area contributed by atoms with Gasteiger partial charge in [0.05, 0.1) is 5.69 Å². The van der Waals surface area contributed by atoms with Crippen LogP contribution in [0.25, 0.3) is 0 Å². The second-order valence-corrected chi connectivity index (χ2v) is 8.68. The Morgan fingerprint density at radius 2 is 1.89 bits per heavy atom. The Hall–Kier alpha value is -2.15. The van der Waals surface area contributed by atoms with Gasteiger partial charge in [-0.05, 0) is 25.3 Å². The molecule has 2 amide bonds. The highest BCUT2D eigenvalue weighted by Crippen LogP contribution is 2.32. The number of rotatable bonds is 4. The van der Waals surface area contributed by atoms with Gasteiger partial charge in [-0.2, -0.15) is 0 Å². The molecule has 0 saturated heterocycles. The molecule has 1 aliphatic carbocycles. The molecule has 7 nitrogen and oxygen atoms in total. The minimum atomic E-state index is -0.620. The number of allylic oxidation sites excluding steroid dienone is 2. The van der Waals surface area contributed by atoms with Crippen LogP contribution in [0.1, 0.15) is 61.5 Å². The molecule has 0 bridgehead atoms. The van der Waals surface area contributed by atoms with E-state index in [1.165, 1.54) is 0 Å². The van der Waals surface area contributed by atoms with Gasteiger partial charge in [0.2, 0.25) is 5.91 Å². The first-order valence-corrected chi connectivity index (χ1v) is 9.67. The summed E-state index contributed by atoms with van der Waals surface area (Å²) in [6, 6.07) is -0.620. The average Bonchev–Trinajstić information content (AvgIpc) is 3.24. The van der Waals surface area contributed by atoms with Crippen molar-refractivity contribution in [3.8, 4) is 0 Å². The summed E-state index contributed by atoms with van der Waals surface area (Å²) >= 11 is 0. The number of hydrogen-bond donors (Lipinski definition) is 2. The van der Waals surface area contributed by atoms with Crippen LogP contribution in [0.15, 0.2) is 12.2 Å². The van der Waals surface area contributed by atoms with Gasteiger partial charge in [-0.25, -0.2) is 4.98 Å². The second kappa shape index (κ2) is 7.46. The topological polar surface area (TPSA) is 79.3 Å². The summed E-state index contributed by atoms with van der Waals surface area (Å²) in [5.41, 5.74) is 1.01. The monoisotopic (exact) mass is 373 g/mol. The van der Waals surface area contributed by atoms with Gasteiger partial charge in [0, 0.05) is 32.6 Å². The standard InChI is InChI=1S/C20H31N5O2/c1-20(2,3)16(19(27)21-4)23-18(26)15-14-12-24(5)10-11-25(14)17(22-15)13-8-6-7-9-13/h6-7,13,16H,8-12H2,1-5H3,(H,21,27)(H,23,26). The summed E-state index contributed by atoms with van der Waals surface area (Å²) in [6.07, 6.45) is 6.30. The molecule has 1 unspecified atom stereocenters. The number of aromatic nitrogens is 2. The van der Waals surface area contributed by atoms with Gasteiger partial charge in [0.15, 0.2) is 5.69 Å². The van der Waals surface area contributed by atoms with Crippen molar-refractivity contribution in [1.29, 1.82) is 0 Å². The van der Waals surface area contributed by atoms with E-state index in [0.717, 1.165) is 37.4 Å². The number of likely N-dealkylation sites (N-methyl/N-ethyl adjacent to an activating group) is 2. The average molecular weight is 374 g/mol. The van der Waals surface area contributed by atoms with Crippen LogP contribution in [0.3, 0.4) is 0 Å². The maximum atomic E-state index is 13.1. The first-order valence-electron chi connectivity index (χ1n) is 9.67. The molecule has 0 saturated carbocycles. The van der Waals surface area contributed by atoms with Crippen molar-refractivity contribution in [1.82, 2.24) is 25.1 Å². The van der Waals surface area contributed by atoms with E-state index in [-0.39, 0.29) is 11.8 Å². The van der Waals surface area contributed by atoms with Crippen LogP contribution < -0.4 is 10.6 Å². The fourth-order valence-electron chi connectivity index (χ4n) is 3.86. The summed E-state index contributed by atoms with van der Waals surface area (Å²) in [5.74, 6) is 0.877. The Morgan fingerprint density at radius 3 is 2.48 bits per heavy atom. The summed E-state index contributed by atoms with van der Waals surface area (Å²) in [5, 5.41) is 5.58. The third-order valence-corrected chi connectivity index (χ3v) is 5.47. The van der Waals surface area contributed by atoms with Crippen LogP contribution in [-0.4, -0.2) is 52.9 Å². The number of nitrogens with zero attached hydrogens (tertiary/aromatic N) is 3. The first-order chi connectivity index (χ1) is 12.7. The van der Waals surface area contributed by atoms with E-state index in [1.54, 1.807) is 7.05 Å². The molecule has 27 heavy (non-hydrogen) atoms. The number of imidazole rings is 1. The van der Waals surface area contributed by atoms with Crippen molar-refractivity contribution in [2.24, 2.45) is 5.41 Å². The summed E-state index contributed by atoms with van der Waals surface area (Å²) < 4.78 is 2.22. The maximum absolute atomic E-state index is 13.1. The van der Waals surface area contributed by atoms with Crippen molar-refractivity contribution in [3.63, 3.8) is 0 Å². The molecule has 2 aliphatic rings. The lowest BCUT2D eigenvalue weighted by atomic mass is 9.86. The minimum absolute atomic E-state index is 0.193. The van der Waals surface area contributed by atoms with E-state index in [1.807, 2.05) is 20.8 Å². The Balaban J connectivity index is 1.93. The van der Waals surface area contributed by atoms with Gasteiger partial charge in [0.1, 0.15) is 11.9 Å². The van der Waals surface area contributed by atoms with E-state index in [4.69, 9.17) is 4.98 Å². The zero-order valence-corrected chi connectivity index (χ0v) is 17.0. The number of carbonyl (C=O) groups excluding carboxylic acids is 2. The molecule has 1 atom stereocenters. The maximum Gasteiger partial charge on any atom is 0.272 e. The molecule has 1 aromatic rings. The van der Waals surface area contributed by atoms with Gasteiger partial charge < -0.3 is 15.2 Å². The van der Waals surface area contributed by atoms with Crippen LogP contribution in [0.5, 0.6) is 0 Å². The number of fused-ring (bicyclic) bond motifs is 1. The summed E-state index contributed by atoms with van der Waals surface area (Å²) in [6.45, 7) is 8.31. The number of carbonyl (C=O) groups is 2. The summed E-state index contributed by atoms with van der Waals surface area (Å²) in [4.78, 5) is 32.4. The molecule has 1 aliphatic heterocycles. The van der Waals surface area contributed by atoms with Gasteiger partial charge in [-0.15, -0.1) is 0 Å². The van der Waals surface area contributed by atoms with Gasteiger partial charge in [-0.3, -0.25) is 14.5 Å². The van der Waals surface area contributed by atoms with E-state index < -0.39 is 11.5 Å². The fraction of sp³-hybridized carbons (Fsp3) is 0.650. The van der Waals surface area contributed by atoms with Crippen LogP contribution in [-0.2, 0) is 17.9 Å². The molecule has 2 heterocycles. The fourth-order valence-corrected chi connectivity index (χ4v) is 3.86. The van der Waals surface area contributed by atoms with Gasteiger partial charge >= 0.3 is 0 Å². The molecule has 7 heteroatoms. The van der Waals surface area contributed by atoms with Crippen molar-refractivity contribution >= 4 is 11.8 Å². The lowest BCUT2D eigenvalue weighted by Crippen LogP contribution is -2.53. The number of nitrogens with one attached hydrogen (secondary N) is 2. The molecule has 1 aromatic heterocycles. The highest BCUT2D eigenvalue weighted by molar-refractivity contribution is 5.97. The molecule has 0 fully saturated rings. The third kappa shape index (κ3) is 3.93. The SMILES string of the molecule is CNC(=O)C(NC(=O)c1nc(C2CC=CC2)n2c1CN(C)CC2)C(C)(C)C. The van der Waals surface area contributed by atoms with Crippen molar-refractivity contribution in [2.45, 2.75) is 58.7 Å².